The zero-order chi connectivity index (χ0) is 17.0. The molecule has 126 valence electrons. The lowest BCUT2D eigenvalue weighted by molar-refractivity contribution is -0.123. The standard InChI is InChI=1S/C18H27N3O2/c1-12-11-13(9-10-19-12)20-16(22)14-7-5-6-8-15(14)21-17(23)18(2,3)4/h5-8,12-13,19H,9-11H2,1-4H3,(H,20,22)(H,21,23). The molecule has 5 heteroatoms. The van der Waals surface area contributed by atoms with Crippen LogP contribution in [0.3, 0.4) is 0 Å². The Balaban J connectivity index is 2.10. The molecule has 0 radical (unpaired) electrons. The first kappa shape index (κ1) is 17.5. The molecule has 0 saturated carbocycles. The summed E-state index contributed by atoms with van der Waals surface area (Å²) in [6.07, 6.45) is 1.84. The minimum Gasteiger partial charge on any atom is -0.349 e. The third-order valence-electron chi connectivity index (χ3n) is 4.06. The quantitative estimate of drug-likeness (QED) is 0.802. The predicted octanol–water partition coefficient (Wildman–Crippen LogP) is 2.54. The van der Waals surface area contributed by atoms with Gasteiger partial charge in [0.25, 0.3) is 5.91 Å². The number of hydrogen-bond donors (Lipinski definition) is 3. The van der Waals surface area contributed by atoms with Crippen molar-refractivity contribution in [3.05, 3.63) is 29.8 Å². The minimum atomic E-state index is -0.506. The summed E-state index contributed by atoms with van der Waals surface area (Å²) in [7, 11) is 0. The maximum absolute atomic E-state index is 12.6. The van der Waals surface area contributed by atoms with E-state index in [1.165, 1.54) is 0 Å². The zero-order valence-electron chi connectivity index (χ0n) is 14.4. The number of rotatable bonds is 3. The summed E-state index contributed by atoms with van der Waals surface area (Å²) in [5, 5.41) is 9.32. The lowest BCUT2D eigenvalue weighted by Gasteiger charge is -2.29. The average molecular weight is 317 g/mol. The summed E-state index contributed by atoms with van der Waals surface area (Å²) in [4.78, 5) is 24.8. The van der Waals surface area contributed by atoms with E-state index in [-0.39, 0.29) is 17.9 Å². The van der Waals surface area contributed by atoms with Crippen molar-refractivity contribution in [1.29, 1.82) is 0 Å². The normalized spacial score (nSPS) is 21.6. The van der Waals surface area contributed by atoms with Crippen molar-refractivity contribution in [2.45, 2.75) is 52.6 Å². The SMILES string of the molecule is CC1CC(NC(=O)c2ccccc2NC(=O)C(C)(C)C)CCN1. The van der Waals surface area contributed by atoms with E-state index in [1.54, 1.807) is 12.1 Å². The first-order valence-electron chi connectivity index (χ1n) is 8.22. The average Bonchev–Trinajstić information content (AvgIpc) is 2.46. The molecule has 1 aliphatic heterocycles. The van der Waals surface area contributed by atoms with E-state index in [0.29, 0.717) is 17.3 Å². The van der Waals surface area contributed by atoms with Crippen molar-refractivity contribution in [2.24, 2.45) is 5.41 Å². The van der Waals surface area contributed by atoms with Gasteiger partial charge >= 0.3 is 0 Å². The summed E-state index contributed by atoms with van der Waals surface area (Å²) >= 11 is 0. The highest BCUT2D eigenvalue weighted by atomic mass is 16.2. The first-order chi connectivity index (χ1) is 10.8. The van der Waals surface area contributed by atoms with Crippen molar-refractivity contribution in [3.8, 4) is 0 Å². The van der Waals surface area contributed by atoms with Crippen LogP contribution >= 0.6 is 0 Å². The Hall–Kier alpha value is -1.88. The van der Waals surface area contributed by atoms with Gasteiger partial charge in [0, 0.05) is 17.5 Å². The summed E-state index contributed by atoms with van der Waals surface area (Å²) in [5.74, 6) is -0.234. The molecule has 0 aliphatic carbocycles. The maximum atomic E-state index is 12.6. The molecular formula is C18H27N3O2. The van der Waals surface area contributed by atoms with Gasteiger partial charge in [-0.05, 0) is 38.4 Å². The van der Waals surface area contributed by atoms with Crippen LogP contribution in [0, 0.1) is 5.41 Å². The molecule has 0 spiro atoms. The highest BCUT2D eigenvalue weighted by molar-refractivity contribution is 6.04. The number of amides is 2. The van der Waals surface area contributed by atoms with E-state index in [4.69, 9.17) is 0 Å². The molecule has 1 saturated heterocycles. The summed E-state index contributed by atoms with van der Waals surface area (Å²) in [6, 6.07) is 7.73. The van der Waals surface area contributed by atoms with Crippen molar-refractivity contribution < 1.29 is 9.59 Å². The second kappa shape index (κ2) is 7.13. The van der Waals surface area contributed by atoms with E-state index in [9.17, 15) is 9.59 Å². The van der Waals surface area contributed by atoms with Crippen LogP contribution in [-0.2, 0) is 4.79 Å². The molecule has 0 aromatic heterocycles. The predicted molar refractivity (Wildman–Crippen MR) is 92.5 cm³/mol. The third kappa shape index (κ3) is 4.79. The third-order valence-corrected chi connectivity index (χ3v) is 4.06. The molecule has 2 rings (SSSR count). The van der Waals surface area contributed by atoms with Crippen LogP contribution in [-0.4, -0.2) is 30.4 Å². The Kier molecular flexibility index (Phi) is 5.42. The number of benzene rings is 1. The van der Waals surface area contributed by atoms with E-state index < -0.39 is 5.41 Å². The molecule has 2 atom stereocenters. The monoisotopic (exact) mass is 317 g/mol. The molecule has 1 aromatic rings. The van der Waals surface area contributed by atoms with E-state index in [2.05, 4.69) is 22.9 Å². The van der Waals surface area contributed by atoms with Crippen molar-refractivity contribution in [1.82, 2.24) is 10.6 Å². The molecule has 1 heterocycles. The highest BCUT2D eigenvalue weighted by Crippen LogP contribution is 2.21. The molecule has 0 bridgehead atoms. The van der Waals surface area contributed by atoms with E-state index in [0.717, 1.165) is 19.4 Å². The lowest BCUT2D eigenvalue weighted by Crippen LogP contribution is -2.46. The van der Waals surface area contributed by atoms with Gasteiger partial charge in [-0.3, -0.25) is 9.59 Å². The topological polar surface area (TPSA) is 70.2 Å². The van der Waals surface area contributed by atoms with Gasteiger partial charge < -0.3 is 16.0 Å². The second-order valence-corrected chi connectivity index (χ2v) is 7.30. The number of carbonyl (C=O) groups excluding carboxylic acids is 2. The molecule has 1 aromatic carbocycles. The van der Waals surface area contributed by atoms with Gasteiger partial charge in [-0.2, -0.15) is 0 Å². The van der Waals surface area contributed by atoms with Gasteiger partial charge in [0.15, 0.2) is 0 Å². The van der Waals surface area contributed by atoms with E-state index >= 15 is 0 Å². The Bertz CT molecular complexity index is 578. The molecule has 1 aliphatic rings. The highest BCUT2D eigenvalue weighted by Gasteiger charge is 2.24. The van der Waals surface area contributed by atoms with Gasteiger partial charge in [-0.25, -0.2) is 0 Å². The van der Waals surface area contributed by atoms with E-state index in [1.807, 2.05) is 32.9 Å². The fourth-order valence-electron chi connectivity index (χ4n) is 2.63. The Labute approximate surface area is 138 Å². The van der Waals surface area contributed by atoms with Gasteiger partial charge in [-0.15, -0.1) is 0 Å². The van der Waals surface area contributed by atoms with Crippen LogP contribution < -0.4 is 16.0 Å². The molecular weight excluding hydrogens is 290 g/mol. The Morgan fingerprint density at radius 3 is 2.57 bits per heavy atom. The number of hydrogen-bond acceptors (Lipinski definition) is 3. The Morgan fingerprint density at radius 1 is 1.22 bits per heavy atom. The van der Waals surface area contributed by atoms with Crippen LogP contribution in [0.2, 0.25) is 0 Å². The number of nitrogens with one attached hydrogen (secondary N) is 3. The number of para-hydroxylation sites is 1. The summed E-state index contributed by atoms with van der Waals surface area (Å²) < 4.78 is 0. The van der Waals surface area contributed by atoms with Crippen molar-refractivity contribution in [2.75, 3.05) is 11.9 Å². The maximum Gasteiger partial charge on any atom is 0.253 e. The van der Waals surface area contributed by atoms with Gasteiger partial charge in [0.2, 0.25) is 5.91 Å². The van der Waals surface area contributed by atoms with Gasteiger partial charge in [-0.1, -0.05) is 32.9 Å². The minimum absolute atomic E-state index is 0.103. The summed E-state index contributed by atoms with van der Waals surface area (Å²) in [6.45, 7) is 8.58. The van der Waals surface area contributed by atoms with Crippen LogP contribution in [0.25, 0.3) is 0 Å². The fourth-order valence-corrected chi connectivity index (χ4v) is 2.63. The molecule has 23 heavy (non-hydrogen) atoms. The number of anilines is 1. The van der Waals surface area contributed by atoms with Crippen LogP contribution in [0.1, 0.15) is 50.9 Å². The molecule has 2 amide bonds. The number of carbonyl (C=O) groups is 2. The molecule has 1 fully saturated rings. The molecule has 5 nitrogen and oxygen atoms in total. The van der Waals surface area contributed by atoms with Crippen molar-refractivity contribution in [3.63, 3.8) is 0 Å². The molecule has 3 N–H and O–H groups in total. The Morgan fingerprint density at radius 2 is 1.91 bits per heavy atom. The van der Waals surface area contributed by atoms with Crippen molar-refractivity contribution >= 4 is 17.5 Å². The second-order valence-electron chi connectivity index (χ2n) is 7.30. The molecule has 2 unspecified atom stereocenters. The zero-order valence-corrected chi connectivity index (χ0v) is 14.4. The smallest absolute Gasteiger partial charge is 0.253 e. The van der Waals surface area contributed by atoms with Crippen LogP contribution in [0.5, 0.6) is 0 Å². The number of piperidine rings is 1. The largest absolute Gasteiger partial charge is 0.349 e. The van der Waals surface area contributed by atoms with Crippen LogP contribution in [0.4, 0.5) is 5.69 Å². The van der Waals surface area contributed by atoms with Gasteiger partial charge in [0.1, 0.15) is 0 Å². The fraction of sp³-hybridized carbons (Fsp3) is 0.556. The first-order valence-corrected chi connectivity index (χ1v) is 8.22. The van der Waals surface area contributed by atoms with Gasteiger partial charge in [0.05, 0.1) is 11.3 Å². The van der Waals surface area contributed by atoms with Crippen LogP contribution in [0.15, 0.2) is 24.3 Å². The summed E-state index contributed by atoms with van der Waals surface area (Å²) in [5.41, 5.74) is 0.567. The lowest BCUT2D eigenvalue weighted by atomic mass is 9.95.